The fraction of sp³-hybridized carbons (Fsp3) is 0.136. The first-order chi connectivity index (χ1) is 61.3. The third-order valence-electron chi connectivity index (χ3n) is 25.3. The van der Waals surface area contributed by atoms with Crippen molar-refractivity contribution < 1.29 is 0 Å². The Balaban J connectivity index is 0.805. The van der Waals surface area contributed by atoms with Crippen molar-refractivity contribution >= 4 is 112 Å². The first-order valence-corrected chi connectivity index (χ1v) is 44.7. The minimum atomic E-state index is 0.461. The highest BCUT2D eigenvalue weighted by Gasteiger charge is 2.27. The topological polar surface area (TPSA) is 22.8 Å². The molecule has 19 aromatic rings. The molecule has 0 N–H and O–H groups in total. The van der Waals surface area contributed by atoms with Gasteiger partial charge in [0.2, 0.25) is 0 Å². The Hall–Kier alpha value is -14.5. The van der Waals surface area contributed by atoms with Crippen molar-refractivity contribution in [1.29, 1.82) is 0 Å². The van der Waals surface area contributed by atoms with E-state index in [1.807, 2.05) is 0 Å². The zero-order valence-corrected chi connectivity index (χ0v) is 71.3. The number of rotatable bonds is 30. The summed E-state index contributed by atoms with van der Waals surface area (Å²) in [5.74, 6) is 0.922. The van der Waals surface area contributed by atoms with E-state index in [1.54, 1.807) is 0 Å². The molecule has 0 aliphatic carbocycles. The Morgan fingerprint density at radius 1 is 0.202 bits per heavy atom. The van der Waals surface area contributed by atoms with Crippen LogP contribution in [0.15, 0.2) is 425 Å². The van der Waals surface area contributed by atoms with Gasteiger partial charge in [-0.1, -0.05) is 297 Å². The van der Waals surface area contributed by atoms with Gasteiger partial charge in [0.05, 0.1) is 22.1 Å². The first kappa shape index (κ1) is 79.3. The molecule has 0 amide bonds. The predicted molar refractivity (Wildman–Crippen MR) is 530 cm³/mol. The molecular formula is C118H104N6. The number of hydrogen-bond donors (Lipinski definition) is 0. The van der Waals surface area contributed by atoms with Crippen molar-refractivity contribution in [2.24, 2.45) is 11.8 Å². The summed E-state index contributed by atoms with van der Waals surface area (Å²) in [5, 5.41) is 4.89. The SMILES string of the molecule is CCCCC(CC)Cc1cc(-n2c3ccc(-c4ccc(N(c5ccccc5)c5ccccc5)cc4)cc3c3cc(-c4ccc(N(c5ccccc5)c5ccccc5)cc4)ccc32)c(CC(CC)CCCC)cc1-n1c2ccc(-c3ccc(N(c4ccccc4)c4ccccc4)cc3)cc2c2cc(-c3ccc(N(c4ccccc4)c4ccccc4)cc3)ccc21. The van der Waals surface area contributed by atoms with Crippen molar-refractivity contribution in [2.75, 3.05) is 19.6 Å². The molecule has 17 aromatic carbocycles. The van der Waals surface area contributed by atoms with Crippen molar-refractivity contribution in [1.82, 2.24) is 9.13 Å². The largest absolute Gasteiger partial charge is 0.311 e. The van der Waals surface area contributed by atoms with Crippen LogP contribution in [-0.4, -0.2) is 9.13 Å². The second kappa shape index (κ2) is 36.5. The van der Waals surface area contributed by atoms with Crippen LogP contribution >= 0.6 is 0 Å². The number of anilines is 12. The van der Waals surface area contributed by atoms with E-state index in [2.05, 4.69) is 481 Å². The Morgan fingerprint density at radius 2 is 0.387 bits per heavy atom. The maximum atomic E-state index is 2.69. The van der Waals surface area contributed by atoms with Crippen LogP contribution in [0.5, 0.6) is 0 Å². The minimum absolute atomic E-state index is 0.461. The third kappa shape index (κ3) is 16.3. The highest BCUT2D eigenvalue weighted by Crippen LogP contribution is 2.47. The van der Waals surface area contributed by atoms with Crippen LogP contribution in [-0.2, 0) is 12.8 Å². The highest BCUT2D eigenvalue weighted by molar-refractivity contribution is 6.14. The lowest BCUT2D eigenvalue weighted by atomic mass is 9.87. The van der Waals surface area contributed by atoms with Crippen LogP contribution in [0.3, 0.4) is 0 Å². The predicted octanol–water partition coefficient (Wildman–Crippen LogP) is 33.9. The van der Waals surface area contributed by atoms with Crippen LogP contribution in [0, 0.1) is 11.8 Å². The molecule has 0 saturated carbocycles. The van der Waals surface area contributed by atoms with Gasteiger partial charge in [-0.2, -0.15) is 0 Å². The molecule has 2 aromatic heterocycles. The lowest BCUT2D eigenvalue weighted by Gasteiger charge is -2.25. The number of aromatic nitrogens is 2. The Labute approximate surface area is 731 Å². The smallest absolute Gasteiger partial charge is 0.0541 e. The maximum absolute atomic E-state index is 2.69. The summed E-state index contributed by atoms with van der Waals surface area (Å²) in [6, 6.07) is 157. The van der Waals surface area contributed by atoms with Gasteiger partial charge in [-0.25, -0.2) is 0 Å². The maximum Gasteiger partial charge on any atom is 0.0541 e. The zero-order valence-electron chi connectivity index (χ0n) is 71.3. The van der Waals surface area contributed by atoms with Crippen LogP contribution < -0.4 is 19.6 Å². The van der Waals surface area contributed by atoms with Gasteiger partial charge in [-0.3, -0.25) is 0 Å². The van der Waals surface area contributed by atoms with Crippen molar-refractivity contribution in [3.05, 3.63) is 436 Å². The molecule has 19 rings (SSSR count). The Kier molecular flexibility index (Phi) is 23.3. The molecule has 0 fully saturated rings. The fourth-order valence-electron chi connectivity index (χ4n) is 18.8. The molecule has 6 nitrogen and oxygen atoms in total. The second-order valence-electron chi connectivity index (χ2n) is 33.2. The molecule has 124 heavy (non-hydrogen) atoms. The average Bonchev–Trinajstić information content (AvgIpc) is 1.57. The van der Waals surface area contributed by atoms with E-state index in [9.17, 15) is 0 Å². The van der Waals surface area contributed by atoms with Gasteiger partial charge in [0.1, 0.15) is 0 Å². The van der Waals surface area contributed by atoms with E-state index in [0.717, 1.165) is 142 Å². The first-order valence-electron chi connectivity index (χ1n) is 44.7. The Bertz CT molecular complexity index is 5850. The van der Waals surface area contributed by atoms with Crippen LogP contribution in [0.25, 0.3) is 99.5 Å². The van der Waals surface area contributed by atoms with Crippen molar-refractivity contribution in [2.45, 2.75) is 91.9 Å². The van der Waals surface area contributed by atoms with Crippen LogP contribution in [0.2, 0.25) is 0 Å². The molecule has 0 saturated heterocycles. The molecule has 0 aliphatic rings. The standard InChI is InChI=1S/C118H104N6/c1-5-9-35-85(7-3)77-95-83-118(124-115-75-63-93(89-57-69-107(70-58-89)121(101-45-27-15-28-46-101)102-47-29-16-30-48-102)81-111(115)112-82-94(64-76-116(112)124)90-59-71-108(72-60-90)122(103-49-31-17-32-50-103)104-51-33-18-34-52-104)96(78-86(8-4)36-10-6-2)84-117(95)123-113-73-61-91(87-53-65-105(66-54-87)119(97-37-19-11-20-38-97)98-39-21-12-22-40-98)79-109(113)110-80-92(62-74-114(110)123)88-55-67-106(68-56-88)120(99-41-23-13-24-42-99)100-43-25-14-26-44-100/h11-34,37-76,79-86H,5-10,35-36,77-78H2,1-4H3. The van der Waals surface area contributed by atoms with E-state index in [-0.39, 0.29) is 0 Å². The number of fused-ring (bicyclic) bond motifs is 6. The summed E-state index contributed by atoms with van der Waals surface area (Å²) in [7, 11) is 0. The van der Waals surface area contributed by atoms with E-state index in [0.29, 0.717) is 11.8 Å². The number of nitrogens with zero attached hydrogens (tertiary/aromatic N) is 6. The van der Waals surface area contributed by atoms with E-state index in [4.69, 9.17) is 0 Å². The zero-order chi connectivity index (χ0) is 83.7. The van der Waals surface area contributed by atoms with Crippen molar-refractivity contribution in [3.8, 4) is 55.9 Å². The summed E-state index contributed by atoms with van der Waals surface area (Å²) < 4.78 is 5.36. The fourth-order valence-corrected chi connectivity index (χ4v) is 18.8. The summed E-state index contributed by atoms with van der Waals surface area (Å²) in [6.45, 7) is 9.55. The van der Waals surface area contributed by atoms with Crippen LogP contribution in [0.1, 0.15) is 90.2 Å². The molecule has 6 heteroatoms. The monoisotopic (exact) mass is 1600 g/mol. The number of benzene rings is 17. The second-order valence-corrected chi connectivity index (χ2v) is 33.2. The number of hydrogen-bond acceptors (Lipinski definition) is 4. The molecular weight excluding hydrogens is 1500 g/mol. The molecule has 2 atom stereocenters. The molecule has 0 spiro atoms. The van der Waals surface area contributed by atoms with Crippen LogP contribution in [0.4, 0.5) is 68.2 Å². The summed E-state index contributed by atoms with van der Waals surface area (Å²) >= 11 is 0. The van der Waals surface area contributed by atoms with Gasteiger partial charge in [0, 0.05) is 101 Å². The van der Waals surface area contributed by atoms with Gasteiger partial charge in [-0.15, -0.1) is 0 Å². The molecule has 606 valence electrons. The van der Waals surface area contributed by atoms with Gasteiger partial charge >= 0.3 is 0 Å². The molecule has 0 aliphatic heterocycles. The summed E-state index contributed by atoms with van der Waals surface area (Å²) in [5.41, 5.74) is 32.7. The average molecular weight is 1610 g/mol. The quantitative estimate of drug-likeness (QED) is 0.0448. The summed E-state index contributed by atoms with van der Waals surface area (Å²) in [4.78, 5) is 9.38. The molecule has 2 heterocycles. The lowest BCUT2D eigenvalue weighted by molar-refractivity contribution is 0.446. The minimum Gasteiger partial charge on any atom is -0.311 e. The normalized spacial score (nSPS) is 12.0. The molecule has 0 bridgehead atoms. The highest BCUT2D eigenvalue weighted by atomic mass is 15.2. The van der Waals surface area contributed by atoms with Gasteiger partial charge in [0.25, 0.3) is 0 Å². The molecule has 2 unspecified atom stereocenters. The van der Waals surface area contributed by atoms with E-state index < -0.39 is 0 Å². The molecule has 0 radical (unpaired) electrons. The van der Waals surface area contributed by atoms with Crippen molar-refractivity contribution in [3.63, 3.8) is 0 Å². The number of para-hydroxylation sites is 8. The van der Waals surface area contributed by atoms with Gasteiger partial charge in [-0.05, 0) is 287 Å². The van der Waals surface area contributed by atoms with E-state index >= 15 is 0 Å². The van der Waals surface area contributed by atoms with Gasteiger partial charge < -0.3 is 28.7 Å². The third-order valence-corrected chi connectivity index (χ3v) is 25.3. The van der Waals surface area contributed by atoms with E-state index in [1.165, 1.54) is 101 Å². The van der Waals surface area contributed by atoms with Gasteiger partial charge in [0.15, 0.2) is 0 Å². The summed E-state index contributed by atoms with van der Waals surface area (Å²) in [6.07, 6.45) is 11.0. The number of unbranched alkanes of at least 4 members (excludes halogenated alkanes) is 2. The lowest BCUT2D eigenvalue weighted by Crippen LogP contribution is -2.13. The Morgan fingerprint density at radius 3 is 0.573 bits per heavy atom.